The van der Waals surface area contributed by atoms with Crippen LogP contribution in [-0.2, 0) is 11.2 Å². The van der Waals surface area contributed by atoms with Crippen molar-refractivity contribution in [2.24, 2.45) is 10.2 Å². The molecule has 9 nitrogen and oxygen atoms in total. The number of phenolic OH excluding ortho intramolecular Hbond substituents is 1. The fourth-order valence-corrected chi connectivity index (χ4v) is 2.01. The van der Waals surface area contributed by atoms with Gasteiger partial charge >= 0.3 is 17.9 Å². The second kappa shape index (κ2) is 7.21. The molecular formula is C16H12N2O7. The topological polar surface area (TPSA) is 157 Å². The van der Waals surface area contributed by atoms with Crippen LogP contribution in [0.5, 0.6) is 5.75 Å². The van der Waals surface area contributed by atoms with Crippen molar-refractivity contribution >= 4 is 29.3 Å². The summed E-state index contributed by atoms with van der Waals surface area (Å²) in [5.74, 6) is -4.11. The minimum atomic E-state index is -1.41. The van der Waals surface area contributed by atoms with Crippen LogP contribution in [0.1, 0.15) is 26.3 Å². The monoisotopic (exact) mass is 344 g/mol. The van der Waals surface area contributed by atoms with Crippen LogP contribution in [-0.4, -0.2) is 38.3 Å². The summed E-state index contributed by atoms with van der Waals surface area (Å²) in [5.41, 5.74) is -0.305. The second-order valence-electron chi connectivity index (χ2n) is 4.92. The third kappa shape index (κ3) is 4.38. The molecular weight excluding hydrogens is 332 g/mol. The number of hydrogen-bond acceptors (Lipinski definition) is 6. The Bertz CT molecular complexity index is 890. The highest BCUT2D eigenvalue weighted by Gasteiger charge is 2.16. The molecule has 0 aliphatic carbocycles. The van der Waals surface area contributed by atoms with Crippen molar-refractivity contribution in [3.05, 3.63) is 53.1 Å². The lowest BCUT2D eigenvalue weighted by molar-refractivity contribution is -0.136. The van der Waals surface area contributed by atoms with E-state index in [2.05, 4.69) is 10.2 Å². The summed E-state index contributed by atoms with van der Waals surface area (Å²) in [6.45, 7) is 0. The molecule has 25 heavy (non-hydrogen) atoms. The standard InChI is InChI=1S/C16H12N2O7/c19-13-4-2-9(5-8(13)6-14(20)21)17-18-10-1-3-11(15(22)23)12(7-10)16(24)25/h1-5,7,19H,6H2,(H,20,21)(H,22,23)(H,24,25)/b18-17+. The smallest absolute Gasteiger partial charge is 0.336 e. The van der Waals surface area contributed by atoms with Crippen molar-refractivity contribution in [3.63, 3.8) is 0 Å². The highest BCUT2D eigenvalue weighted by molar-refractivity contribution is 6.02. The number of nitrogens with zero attached hydrogens (tertiary/aromatic N) is 2. The SMILES string of the molecule is O=C(O)Cc1cc(/N=N/c2ccc(C(=O)O)c(C(=O)O)c2)ccc1O. The Hall–Kier alpha value is -3.75. The van der Waals surface area contributed by atoms with E-state index in [1.54, 1.807) is 0 Å². The molecule has 2 aromatic carbocycles. The van der Waals surface area contributed by atoms with Crippen LogP contribution < -0.4 is 0 Å². The molecule has 4 N–H and O–H groups in total. The highest BCUT2D eigenvalue weighted by atomic mass is 16.4. The van der Waals surface area contributed by atoms with Gasteiger partial charge in [0.15, 0.2) is 0 Å². The molecule has 0 bridgehead atoms. The highest BCUT2D eigenvalue weighted by Crippen LogP contribution is 2.26. The van der Waals surface area contributed by atoms with Crippen molar-refractivity contribution in [1.82, 2.24) is 0 Å². The zero-order chi connectivity index (χ0) is 18.6. The minimum Gasteiger partial charge on any atom is -0.508 e. The molecule has 0 aliphatic heterocycles. The van der Waals surface area contributed by atoms with Gasteiger partial charge in [-0.3, -0.25) is 4.79 Å². The van der Waals surface area contributed by atoms with E-state index in [0.29, 0.717) is 0 Å². The number of aromatic hydroxyl groups is 1. The maximum absolute atomic E-state index is 11.1. The first-order valence-electron chi connectivity index (χ1n) is 6.84. The second-order valence-corrected chi connectivity index (χ2v) is 4.92. The first kappa shape index (κ1) is 17.6. The third-order valence-corrected chi connectivity index (χ3v) is 3.15. The summed E-state index contributed by atoms with van der Waals surface area (Å²) in [5, 5.41) is 44.0. The number of aromatic carboxylic acids is 2. The molecule has 2 aromatic rings. The average Bonchev–Trinajstić information content (AvgIpc) is 2.54. The Labute approximate surface area is 140 Å². The Morgan fingerprint density at radius 3 is 1.92 bits per heavy atom. The largest absolute Gasteiger partial charge is 0.508 e. The molecule has 0 atom stereocenters. The van der Waals surface area contributed by atoms with Crippen molar-refractivity contribution in [3.8, 4) is 5.75 Å². The van der Waals surface area contributed by atoms with Gasteiger partial charge < -0.3 is 20.4 Å². The lowest BCUT2D eigenvalue weighted by Gasteiger charge is -2.03. The van der Waals surface area contributed by atoms with Gasteiger partial charge in [0.05, 0.1) is 28.9 Å². The fraction of sp³-hybridized carbons (Fsp3) is 0.0625. The van der Waals surface area contributed by atoms with Crippen molar-refractivity contribution < 1.29 is 34.8 Å². The van der Waals surface area contributed by atoms with Gasteiger partial charge in [0, 0.05) is 5.56 Å². The van der Waals surface area contributed by atoms with E-state index in [9.17, 15) is 19.5 Å². The zero-order valence-electron chi connectivity index (χ0n) is 12.6. The van der Waals surface area contributed by atoms with Crippen LogP contribution in [0.4, 0.5) is 11.4 Å². The van der Waals surface area contributed by atoms with Gasteiger partial charge in [-0.1, -0.05) is 0 Å². The molecule has 0 heterocycles. The summed E-state index contributed by atoms with van der Waals surface area (Å²) in [4.78, 5) is 32.8. The molecule has 0 spiro atoms. The van der Waals surface area contributed by atoms with Crippen LogP contribution in [0, 0.1) is 0 Å². The summed E-state index contributed by atoms with van der Waals surface area (Å²) in [6.07, 6.45) is -0.397. The maximum atomic E-state index is 11.1. The van der Waals surface area contributed by atoms with E-state index >= 15 is 0 Å². The molecule has 0 unspecified atom stereocenters. The third-order valence-electron chi connectivity index (χ3n) is 3.15. The van der Waals surface area contributed by atoms with Gasteiger partial charge in [0.2, 0.25) is 0 Å². The Balaban J connectivity index is 2.33. The van der Waals surface area contributed by atoms with E-state index in [1.165, 1.54) is 24.3 Å². The van der Waals surface area contributed by atoms with Crippen LogP contribution in [0.15, 0.2) is 46.6 Å². The van der Waals surface area contributed by atoms with Gasteiger partial charge in [-0.15, -0.1) is 0 Å². The van der Waals surface area contributed by atoms with Crippen LogP contribution >= 0.6 is 0 Å². The number of carbonyl (C=O) groups is 3. The molecule has 0 radical (unpaired) electrons. The minimum absolute atomic E-state index is 0.107. The Morgan fingerprint density at radius 2 is 1.36 bits per heavy atom. The predicted octanol–water partition coefficient (Wildman–Crippen LogP) is 2.83. The summed E-state index contributed by atoms with van der Waals surface area (Å²) in [7, 11) is 0. The molecule has 9 heteroatoms. The van der Waals surface area contributed by atoms with Crippen molar-refractivity contribution in [2.75, 3.05) is 0 Å². The van der Waals surface area contributed by atoms with Gasteiger partial charge in [0.1, 0.15) is 5.75 Å². The number of hydrogen-bond donors (Lipinski definition) is 4. The average molecular weight is 344 g/mol. The molecule has 0 amide bonds. The van der Waals surface area contributed by atoms with E-state index in [0.717, 1.165) is 12.1 Å². The molecule has 128 valence electrons. The Morgan fingerprint density at radius 1 is 0.800 bits per heavy atom. The van der Waals surface area contributed by atoms with Gasteiger partial charge in [-0.25, -0.2) is 9.59 Å². The zero-order valence-corrected chi connectivity index (χ0v) is 12.6. The van der Waals surface area contributed by atoms with Crippen LogP contribution in [0.25, 0.3) is 0 Å². The number of phenols is 1. The van der Waals surface area contributed by atoms with Crippen LogP contribution in [0.2, 0.25) is 0 Å². The predicted molar refractivity (Wildman–Crippen MR) is 84.0 cm³/mol. The van der Waals surface area contributed by atoms with E-state index in [-0.39, 0.29) is 28.3 Å². The maximum Gasteiger partial charge on any atom is 0.336 e. The normalized spacial score (nSPS) is 10.7. The van der Waals surface area contributed by atoms with Crippen molar-refractivity contribution in [2.45, 2.75) is 6.42 Å². The van der Waals surface area contributed by atoms with Crippen LogP contribution in [0.3, 0.4) is 0 Å². The number of azo groups is 1. The number of benzene rings is 2. The molecule has 0 saturated carbocycles. The fourth-order valence-electron chi connectivity index (χ4n) is 2.01. The lowest BCUT2D eigenvalue weighted by Crippen LogP contribution is -2.07. The van der Waals surface area contributed by atoms with Gasteiger partial charge in [-0.05, 0) is 36.4 Å². The Kier molecular flexibility index (Phi) is 5.08. The number of rotatable bonds is 6. The van der Waals surface area contributed by atoms with E-state index in [1.807, 2.05) is 0 Å². The first-order chi connectivity index (χ1) is 11.8. The lowest BCUT2D eigenvalue weighted by atomic mass is 10.1. The number of carboxylic acids is 3. The number of aliphatic carboxylic acids is 1. The summed E-state index contributed by atoms with van der Waals surface area (Å²) < 4.78 is 0. The first-order valence-corrected chi connectivity index (χ1v) is 6.84. The van der Waals surface area contributed by atoms with Gasteiger partial charge in [0.25, 0.3) is 0 Å². The molecule has 0 saturated heterocycles. The summed E-state index contributed by atoms with van der Waals surface area (Å²) in [6, 6.07) is 7.45. The molecule has 2 rings (SSSR count). The van der Waals surface area contributed by atoms with E-state index < -0.39 is 29.9 Å². The summed E-state index contributed by atoms with van der Waals surface area (Å²) >= 11 is 0. The quantitative estimate of drug-likeness (QED) is 0.587. The molecule has 0 aromatic heterocycles. The molecule has 0 aliphatic rings. The van der Waals surface area contributed by atoms with E-state index in [4.69, 9.17) is 15.3 Å². The van der Waals surface area contributed by atoms with Crippen molar-refractivity contribution in [1.29, 1.82) is 0 Å². The molecule has 0 fully saturated rings. The number of carboxylic acid groups (broad SMARTS) is 3. The van der Waals surface area contributed by atoms with Gasteiger partial charge in [-0.2, -0.15) is 10.2 Å².